The molecule has 3 rings (SSSR count). The molecule has 5 N–H and O–H groups in total. The molecular weight excluding hydrogens is 360 g/mol. The Hall–Kier alpha value is -3.35. The van der Waals surface area contributed by atoms with Gasteiger partial charge in [-0.25, -0.2) is 0 Å². The predicted octanol–water partition coefficient (Wildman–Crippen LogP) is 1.16. The molecule has 0 radical (unpaired) electrons. The Morgan fingerprint density at radius 1 is 1.04 bits per heavy atom. The Kier molecular flexibility index (Phi) is 5.35. The number of phenols is 1. The number of nitrogens with one attached hydrogen (secondary N) is 1. The summed E-state index contributed by atoms with van der Waals surface area (Å²) in [5.74, 6) is -2.18. The highest BCUT2D eigenvalue weighted by atomic mass is 16.4. The molecule has 7 nitrogen and oxygen atoms in total. The van der Waals surface area contributed by atoms with Gasteiger partial charge in [0.2, 0.25) is 11.8 Å². The number of hydrogen-bond acceptors (Lipinski definition) is 4. The van der Waals surface area contributed by atoms with Gasteiger partial charge in [-0.05, 0) is 41.7 Å². The van der Waals surface area contributed by atoms with Crippen LogP contribution in [0, 0.1) is 5.41 Å². The Morgan fingerprint density at radius 2 is 1.61 bits per heavy atom. The SMILES string of the molecule is NC(=O)[C@H](Cc1ccc(O)cc1)NC(=O)C1(CC(=O)O)Cc2ccccc2C1. The molecule has 2 amide bonds. The van der Waals surface area contributed by atoms with Crippen molar-refractivity contribution >= 4 is 17.8 Å². The fourth-order valence-electron chi connectivity index (χ4n) is 3.75. The number of primary amides is 1. The van der Waals surface area contributed by atoms with E-state index in [1.54, 1.807) is 12.1 Å². The zero-order chi connectivity index (χ0) is 20.3. The van der Waals surface area contributed by atoms with Crippen molar-refractivity contribution in [2.45, 2.75) is 31.7 Å². The van der Waals surface area contributed by atoms with Crippen LogP contribution in [0.15, 0.2) is 48.5 Å². The fraction of sp³-hybridized carbons (Fsp3) is 0.286. The molecule has 0 heterocycles. The van der Waals surface area contributed by atoms with Crippen LogP contribution in [-0.4, -0.2) is 34.0 Å². The lowest BCUT2D eigenvalue weighted by Crippen LogP contribution is -2.52. The number of carboxylic acids is 1. The highest BCUT2D eigenvalue weighted by Crippen LogP contribution is 2.40. The van der Waals surface area contributed by atoms with Crippen LogP contribution in [0.5, 0.6) is 5.75 Å². The molecule has 2 aromatic rings. The van der Waals surface area contributed by atoms with Crippen molar-refractivity contribution in [2.24, 2.45) is 11.1 Å². The number of hydrogen-bond donors (Lipinski definition) is 4. The lowest BCUT2D eigenvalue weighted by Gasteiger charge is -2.28. The third-order valence-corrected chi connectivity index (χ3v) is 5.17. The number of rotatable bonds is 7. The Labute approximate surface area is 162 Å². The number of carboxylic acid groups (broad SMARTS) is 1. The van der Waals surface area contributed by atoms with Crippen LogP contribution in [0.3, 0.4) is 0 Å². The van der Waals surface area contributed by atoms with E-state index >= 15 is 0 Å². The van der Waals surface area contributed by atoms with Gasteiger partial charge in [0.15, 0.2) is 0 Å². The average molecular weight is 382 g/mol. The van der Waals surface area contributed by atoms with Crippen LogP contribution in [0.25, 0.3) is 0 Å². The first kappa shape index (κ1) is 19.4. The smallest absolute Gasteiger partial charge is 0.304 e. The first-order chi connectivity index (χ1) is 13.3. The summed E-state index contributed by atoms with van der Waals surface area (Å²) in [6.07, 6.45) is 0.410. The molecular formula is C21H22N2O5. The number of benzene rings is 2. The number of carbonyl (C=O) groups excluding carboxylic acids is 2. The Balaban J connectivity index is 1.81. The predicted molar refractivity (Wildman–Crippen MR) is 101 cm³/mol. The molecule has 0 fully saturated rings. The van der Waals surface area contributed by atoms with Gasteiger partial charge in [0.1, 0.15) is 11.8 Å². The molecule has 0 aromatic heterocycles. The van der Waals surface area contributed by atoms with Crippen LogP contribution < -0.4 is 11.1 Å². The summed E-state index contributed by atoms with van der Waals surface area (Å²) in [6, 6.07) is 12.7. The first-order valence-corrected chi connectivity index (χ1v) is 8.96. The maximum atomic E-state index is 13.1. The van der Waals surface area contributed by atoms with Gasteiger partial charge in [-0.1, -0.05) is 36.4 Å². The third kappa shape index (κ3) is 4.14. The summed E-state index contributed by atoms with van der Waals surface area (Å²) in [7, 11) is 0. The normalized spacial score (nSPS) is 15.4. The van der Waals surface area contributed by atoms with Gasteiger partial charge in [-0.3, -0.25) is 14.4 Å². The summed E-state index contributed by atoms with van der Waals surface area (Å²) in [6.45, 7) is 0. The largest absolute Gasteiger partial charge is 0.508 e. The number of fused-ring (bicyclic) bond motifs is 1. The van der Waals surface area contributed by atoms with Crippen LogP contribution in [0.2, 0.25) is 0 Å². The monoisotopic (exact) mass is 382 g/mol. The summed E-state index contributed by atoms with van der Waals surface area (Å²) in [4.78, 5) is 36.5. The Morgan fingerprint density at radius 3 is 2.11 bits per heavy atom. The van der Waals surface area contributed by atoms with Gasteiger partial charge in [-0.15, -0.1) is 0 Å². The van der Waals surface area contributed by atoms with Gasteiger partial charge >= 0.3 is 5.97 Å². The van der Waals surface area contributed by atoms with Gasteiger partial charge in [0.25, 0.3) is 0 Å². The van der Waals surface area contributed by atoms with E-state index in [1.807, 2.05) is 24.3 Å². The molecule has 7 heteroatoms. The van der Waals surface area contributed by atoms with E-state index in [4.69, 9.17) is 5.73 Å². The van der Waals surface area contributed by atoms with Crippen molar-refractivity contribution in [2.75, 3.05) is 0 Å². The number of amides is 2. The van der Waals surface area contributed by atoms with E-state index in [0.717, 1.165) is 11.1 Å². The topological polar surface area (TPSA) is 130 Å². The van der Waals surface area contributed by atoms with Crippen LogP contribution in [0.4, 0.5) is 0 Å². The molecule has 0 saturated carbocycles. The zero-order valence-corrected chi connectivity index (χ0v) is 15.2. The molecule has 0 unspecified atom stereocenters. The molecule has 1 aliphatic rings. The van der Waals surface area contributed by atoms with Crippen LogP contribution >= 0.6 is 0 Å². The van der Waals surface area contributed by atoms with Crippen LogP contribution in [-0.2, 0) is 33.6 Å². The molecule has 0 bridgehead atoms. The average Bonchev–Trinajstić information content (AvgIpc) is 3.01. The lowest BCUT2D eigenvalue weighted by atomic mass is 9.80. The van der Waals surface area contributed by atoms with E-state index in [9.17, 15) is 24.6 Å². The van der Waals surface area contributed by atoms with Gasteiger partial charge in [0.05, 0.1) is 11.8 Å². The number of nitrogens with two attached hydrogens (primary N) is 1. The van der Waals surface area contributed by atoms with Gasteiger partial charge < -0.3 is 21.3 Å². The summed E-state index contributed by atoms with van der Waals surface area (Å²) >= 11 is 0. The molecule has 0 saturated heterocycles. The minimum Gasteiger partial charge on any atom is -0.508 e. The maximum Gasteiger partial charge on any atom is 0.304 e. The minimum atomic E-state index is -1.15. The summed E-state index contributed by atoms with van der Waals surface area (Å²) in [5, 5.41) is 21.4. The zero-order valence-electron chi connectivity index (χ0n) is 15.2. The maximum absolute atomic E-state index is 13.1. The van der Waals surface area contributed by atoms with E-state index in [1.165, 1.54) is 12.1 Å². The Bertz CT molecular complexity index is 882. The summed E-state index contributed by atoms with van der Waals surface area (Å²) < 4.78 is 0. The van der Waals surface area contributed by atoms with E-state index in [0.29, 0.717) is 18.4 Å². The number of aliphatic carboxylic acids is 1. The second kappa shape index (κ2) is 7.72. The van der Waals surface area contributed by atoms with E-state index in [2.05, 4.69) is 5.32 Å². The molecule has 2 aromatic carbocycles. The van der Waals surface area contributed by atoms with Crippen LogP contribution in [0.1, 0.15) is 23.1 Å². The molecule has 28 heavy (non-hydrogen) atoms. The number of phenolic OH excluding ortho intramolecular Hbond substituents is 1. The van der Waals surface area contributed by atoms with Crippen molar-refractivity contribution in [1.82, 2.24) is 5.32 Å². The van der Waals surface area contributed by atoms with Crippen molar-refractivity contribution in [1.29, 1.82) is 0 Å². The van der Waals surface area contributed by atoms with Crippen molar-refractivity contribution in [3.63, 3.8) is 0 Å². The number of carbonyl (C=O) groups is 3. The first-order valence-electron chi connectivity index (χ1n) is 8.96. The van der Waals surface area contributed by atoms with Crippen molar-refractivity contribution in [3.8, 4) is 5.75 Å². The quantitative estimate of drug-likeness (QED) is 0.571. The lowest BCUT2D eigenvalue weighted by molar-refractivity contribution is -0.145. The second-order valence-electron chi connectivity index (χ2n) is 7.27. The highest BCUT2D eigenvalue weighted by Gasteiger charge is 2.46. The van der Waals surface area contributed by atoms with Gasteiger partial charge in [-0.2, -0.15) is 0 Å². The molecule has 146 valence electrons. The van der Waals surface area contributed by atoms with E-state index in [-0.39, 0.29) is 18.6 Å². The van der Waals surface area contributed by atoms with E-state index < -0.39 is 29.2 Å². The fourth-order valence-corrected chi connectivity index (χ4v) is 3.75. The molecule has 0 spiro atoms. The van der Waals surface area contributed by atoms with Crippen molar-refractivity contribution in [3.05, 3.63) is 65.2 Å². The molecule has 1 aliphatic carbocycles. The summed E-state index contributed by atoms with van der Waals surface area (Å²) in [5.41, 5.74) is 6.90. The molecule has 1 atom stereocenters. The third-order valence-electron chi connectivity index (χ3n) is 5.17. The van der Waals surface area contributed by atoms with Gasteiger partial charge in [0, 0.05) is 6.42 Å². The standard InChI is InChI=1S/C21H22N2O5/c22-19(27)17(9-13-5-7-16(24)8-6-13)23-20(28)21(12-18(25)26)10-14-3-1-2-4-15(14)11-21/h1-8,17,24H,9-12H2,(H2,22,27)(H,23,28)(H,25,26)/t17-/m0/s1. The van der Waals surface area contributed by atoms with Crippen molar-refractivity contribution < 1.29 is 24.6 Å². The highest BCUT2D eigenvalue weighted by molar-refractivity contribution is 5.92. The second-order valence-corrected chi connectivity index (χ2v) is 7.27. The number of aromatic hydroxyl groups is 1. The minimum absolute atomic E-state index is 0.0903. The molecule has 0 aliphatic heterocycles.